The first-order chi connectivity index (χ1) is 11.8. The number of nitrogens with zero attached hydrogens (tertiary/aromatic N) is 2. The van der Waals surface area contributed by atoms with Crippen molar-refractivity contribution in [2.75, 3.05) is 12.4 Å². The van der Waals surface area contributed by atoms with E-state index in [2.05, 4.69) is 51.2 Å². The largest absolute Gasteiger partial charge is 0.366 e. The van der Waals surface area contributed by atoms with Gasteiger partial charge in [0.2, 0.25) is 0 Å². The van der Waals surface area contributed by atoms with Crippen molar-refractivity contribution in [1.29, 1.82) is 0 Å². The van der Waals surface area contributed by atoms with Gasteiger partial charge < -0.3 is 10.6 Å². The number of hydrogen-bond acceptors (Lipinski definition) is 4. The van der Waals surface area contributed by atoms with Crippen LogP contribution in [0, 0.1) is 5.92 Å². The molecule has 1 aromatic heterocycles. The van der Waals surface area contributed by atoms with Gasteiger partial charge in [0, 0.05) is 13.1 Å². The Labute approximate surface area is 142 Å². The summed E-state index contributed by atoms with van der Waals surface area (Å²) in [7, 11) is 1.59. The molecular formula is C19H24N4O. The third kappa shape index (κ3) is 4.10. The van der Waals surface area contributed by atoms with Crippen molar-refractivity contribution in [1.82, 2.24) is 15.5 Å². The highest BCUT2D eigenvalue weighted by Crippen LogP contribution is 2.29. The van der Waals surface area contributed by atoms with Crippen LogP contribution in [0.3, 0.4) is 0 Å². The number of aromatic nitrogens is 2. The van der Waals surface area contributed by atoms with Gasteiger partial charge in [-0.1, -0.05) is 43.2 Å². The van der Waals surface area contributed by atoms with Gasteiger partial charge in [-0.2, -0.15) is 0 Å². The maximum absolute atomic E-state index is 11.5. The highest BCUT2D eigenvalue weighted by Gasteiger charge is 2.25. The van der Waals surface area contributed by atoms with Crippen LogP contribution in [0.1, 0.15) is 41.7 Å². The van der Waals surface area contributed by atoms with Crippen LogP contribution >= 0.6 is 0 Å². The molecule has 2 aromatic rings. The molecule has 2 N–H and O–H groups in total. The summed E-state index contributed by atoms with van der Waals surface area (Å²) in [6.07, 6.45) is 6.00. The Bertz CT molecular complexity index is 657. The molecule has 3 rings (SSSR count). The third-order valence-corrected chi connectivity index (χ3v) is 4.71. The van der Waals surface area contributed by atoms with Crippen LogP contribution in [-0.2, 0) is 6.42 Å². The van der Waals surface area contributed by atoms with Gasteiger partial charge in [0.1, 0.15) is 5.82 Å². The second-order valence-electron chi connectivity index (χ2n) is 6.37. The van der Waals surface area contributed by atoms with Crippen molar-refractivity contribution >= 4 is 11.7 Å². The molecule has 5 heteroatoms. The quantitative estimate of drug-likeness (QED) is 0.887. The lowest BCUT2D eigenvalue weighted by atomic mass is 9.80. The highest BCUT2D eigenvalue weighted by molar-refractivity contribution is 5.91. The number of rotatable bonds is 5. The smallest absolute Gasteiger partial charge is 0.271 e. The van der Waals surface area contributed by atoms with Crippen LogP contribution in [0.2, 0.25) is 0 Å². The number of carbonyl (C=O) groups excluding carboxylic acids is 1. The van der Waals surface area contributed by atoms with Crippen LogP contribution < -0.4 is 10.6 Å². The van der Waals surface area contributed by atoms with Gasteiger partial charge in [-0.3, -0.25) is 4.79 Å². The van der Waals surface area contributed by atoms with Gasteiger partial charge in [0.05, 0.1) is 0 Å². The first-order valence-corrected chi connectivity index (χ1v) is 8.62. The van der Waals surface area contributed by atoms with E-state index in [0.717, 1.165) is 18.7 Å². The molecule has 1 saturated carbocycles. The average Bonchev–Trinajstić information content (AvgIpc) is 2.64. The predicted molar refractivity (Wildman–Crippen MR) is 94.9 cm³/mol. The molecule has 1 fully saturated rings. The minimum absolute atomic E-state index is 0.214. The van der Waals surface area contributed by atoms with Crippen LogP contribution in [0.15, 0.2) is 42.5 Å². The number of hydrogen-bond donors (Lipinski definition) is 2. The van der Waals surface area contributed by atoms with Gasteiger partial charge in [0.25, 0.3) is 5.91 Å². The van der Waals surface area contributed by atoms with Gasteiger partial charge in [-0.05, 0) is 42.9 Å². The molecule has 2 unspecified atom stereocenters. The maximum atomic E-state index is 11.5. The summed E-state index contributed by atoms with van der Waals surface area (Å²) in [4.78, 5) is 11.5. The molecule has 1 aromatic carbocycles. The van der Waals surface area contributed by atoms with Gasteiger partial charge >= 0.3 is 0 Å². The molecule has 2 atom stereocenters. The minimum atomic E-state index is -0.214. The fraction of sp³-hybridized carbons (Fsp3) is 0.421. The second-order valence-corrected chi connectivity index (χ2v) is 6.37. The topological polar surface area (TPSA) is 66.9 Å². The van der Waals surface area contributed by atoms with Gasteiger partial charge in [0.15, 0.2) is 5.69 Å². The molecule has 24 heavy (non-hydrogen) atoms. The van der Waals surface area contributed by atoms with Crippen molar-refractivity contribution in [2.45, 2.75) is 38.1 Å². The van der Waals surface area contributed by atoms with Crippen LogP contribution in [0.25, 0.3) is 0 Å². The van der Waals surface area contributed by atoms with Crippen LogP contribution in [0.4, 0.5) is 5.82 Å². The van der Waals surface area contributed by atoms with Gasteiger partial charge in [-0.15, -0.1) is 10.2 Å². The second kappa shape index (κ2) is 7.90. The minimum Gasteiger partial charge on any atom is -0.366 e. The normalized spacial score (nSPS) is 20.4. The molecule has 0 bridgehead atoms. The van der Waals surface area contributed by atoms with E-state index in [1.165, 1.54) is 24.8 Å². The average molecular weight is 324 g/mol. The van der Waals surface area contributed by atoms with E-state index in [-0.39, 0.29) is 5.91 Å². The molecule has 1 heterocycles. The lowest BCUT2D eigenvalue weighted by Crippen LogP contribution is -2.34. The zero-order chi connectivity index (χ0) is 16.8. The van der Waals surface area contributed by atoms with Crippen molar-refractivity contribution in [3.8, 4) is 0 Å². The van der Waals surface area contributed by atoms with E-state index in [1.54, 1.807) is 13.1 Å². The lowest BCUT2D eigenvalue weighted by molar-refractivity contribution is 0.0957. The maximum Gasteiger partial charge on any atom is 0.271 e. The molecular weight excluding hydrogens is 300 g/mol. The van der Waals surface area contributed by atoms with Crippen molar-refractivity contribution in [3.63, 3.8) is 0 Å². The van der Waals surface area contributed by atoms with E-state index in [4.69, 9.17) is 0 Å². The molecule has 0 saturated heterocycles. The van der Waals surface area contributed by atoms with Crippen molar-refractivity contribution < 1.29 is 4.79 Å². The molecule has 1 aliphatic carbocycles. The van der Waals surface area contributed by atoms with E-state index in [0.29, 0.717) is 17.7 Å². The first kappa shape index (κ1) is 16.4. The zero-order valence-corrected chi connectivity index (χ0v) is 14.0. The highest BCUT2D eigenvalue weighted by atomic mass is 16.1. The Morgan fingerprint density at radius 3 is 2.58 bits per heavy atom. The molecule has 1 amide bonds. The van der Waals surface area contributed by atoms with Gasteiger partial charge in [-0.25, -0.2) is 0 Å². The molecule has 0 aliphatic heterocycles. The molecule has 5 nitrogen and oxygen atoms in total. The monoisotopic (exact) mass is 324 g/mol. The fourth-order valence-electron chi connectivity index (χ4n) is 3.41. The van der Waals surface area contributed by atoms with E-state index < -0.39 is 0 Å². The lowest BCUT2D eigenvalue weighted by Gasteiger charge is -2.32. The van der Waals surface area contributed by atoms with Crippen molar-refractivity contribution in [3.05, 3.63) is 53.7 Å². The van der Waals surface area contributed by atoms with Crippen LogP contribution in [-0.4, -0.2) is 29.2 Å². The number of nitrogens with one attached hydrogen (secondary N) is 2. The first-order valence-electron chi connectivity index (χ1n) is 8.62. The van der Waals surface area contributed by atoms with Crippen molar-refractivity contribution in [2.24, 2.45) is 5.92 Å². The predicted octanol–water partition coefficient (Wildman–Crippen LogP) is 3.05. The van der Waals surface area contributed by atoms with E-state index >= 15 is 0 Å². The Hall–Kier alpha value is -2.43. The number of anilines is 1. The molecule has 0 radical (unpaired) electrons. The Balaban J connectivity index is 1.66. The third-order valence-electron chi connectivity index (χ3n) is 4.71. The summed E-state index contributed by atoms with van der Waals surface area (Å²) in [6.45, 7) is 0. The summed E-state index contributed by atoms with van der Waals surface area (Å²) in [5.41, 5.74) is 1.73. The Morgan fingerprint density at radius 1 is 1.08 bits per heavy atom. The van der Waals surface area contributed by atoms with E-state index in [9.17, 15) is 4.79 Å². The summed E-state index contributed by atoms with van der Waals surface area (Å²) < 4.78 is 0. The Morgan fingerprint density at radius 2 is 1.88 bits per heavy atom. The van der Waals surface area contributed by atoms with E-state index in [1.807, 2.05) is 6.07 Å². The SMILES string of the molecule is CNC(=O)c1ccc(NC2CCCCC2Cc2ccccc2)nn1. The molecule has 126 valence electrons. The van der Waals surface area contributed by atoms with Crippen LogP contribution in [0.5, 0.6) is 0 Å². The molecule has 1 aliphatic rings. The number of benzene rings is 1. The fourth-order valence-corrected chi connectivity index (χ4v) is 3.41. The summed E-state index contributed by atoms with van der Waals surface area (Å²) in [5.74, 6) is 1.13. The zero-order valence-electron chi connectivity index (χ0n) is 14.0. The Kier molecular flexibility index (Phi) is 5.41. The standard InChI is InChI=1S/C19H24N4O/c1-20-19(24)17-11-12-18(23-22-17)21-16-10-6-5-9-15(16)13-14-7-3-2-4-8-14/h2-4,7-8,11-12,15-16H,5-6,9-10,13H2,1H3,(H,20,24)(H,21,23). The summed E-state index contributed by atoms with van der Waals surface area (Å²) in [5, 5.41) is 14.2. The number of carbonyl (C=O) groups is 1. The number of amides is 1. The molecule has 0 spiro atoms. The summed E-state index contributed by atoms with van der Waals surface area (Å²) in [6, 6.07) is 14.6. The summed E-state index contributed by atoms with van der Waals surface area (Å²) >= 11 is 0.